The van der Waals surface area contributed by atoms with Crippen LogP contribution in [0, 0.1) is 0 Å². The number of hydrogen-bond acceptors (Lipinski definition) is 5. The summed E-state index contributed by atoms with van der Waals surface area (Å²) in [5.41, 5.74) is 0. The molecule has 21 heavy (non-hydrogen) atoms. The van der Waals surface area contributed by atoms with Crippen molar-refractivity contribution >= 4 is 20.2 Å². The van der Waals surface area contributed by atoms with Gasteiger partial charge in [-0.05, 0) is 43.5 Å². The second-order valence-corrected chi connectivity index (χ2v) is 7.84. The highest BCUT2D eigenvalue weighted by molar-refractivity contribution is 7.89. The van der Waals surface area contributed by atoms with Crippen LogP contribution in [0.3, 0.4) is 0 Å². The minimum absolute atomic E-state index is 0.0757. The van der Waals surface area contributed by atoms with Crippen molar-refractivity contribution in [1.29, 1.82) is 0 Å². The SMILES string of the molecule is O=S(=O)(F)c1ccc(S(=O)(=O)NCCC2CCCO2)cc1. The van der Waals surface area contributed by atoms with E-state index in [2.05, 4.69) is 4.72 Å². The van der Waals surface area contributed by atoms with Gasteiger partial charge in [-0.1, -0.05) is 0 Å². The number of rotatable bonds is 6. The molecule has 6 nitrogen and oxygen atoms in total. The summed E-state index contributed by atoms with van der Waals surface area (Å²) < 4.78 is 65.8. The van der Waals surface area contributed by atoms with Gasteiger partial charge in [0.25, 0.3) is 0 Å². The van der Waals surface area contributed by atoms with Crippen LogP contribution in [0.5, 0.6) is 0 Å². The lowest BCUT2D eigenvalue weighted by Gasteiger charge is -2.10. The zero-order valence-corrected chi connectivity index (χ0v) is 12.8. The monoisotopic (exact) mass is 337 g/mol. The number of sulfonamides is 1. The number of nitrogens with one attached hydrogen (secondary N) is 1. The predicted molar refractivity (Wildman–Crippen MR) is 73.5 cm³/mol. The zero-order valence-electron chi connectivity index (χ0n) is 11.2. The number of ether oxygens (including phenoxy) is 1. The molecule has 1 aliphatic heterocycles. The van der Waals surface area contributed by atoms with E-state index in [-0.39, 0.29) is 17.5 Å². The molecule has 0 spiro atoms. The molecule has 118 valence electrons. The van der Waals surface area contributed by atoms with Gasteiger partial charge in [-0.2, -0.15) is 8.42 Å². The van der Waals surface area contributed by atoms with Crippen LogP contribution in [-0.4, -0.2) is 36.1 Å². The van der Waals surface area contributed by atoms with Gasteiger partial charge in [0.1, 0.15) is 0 Å². The van der Waals surface area contributed by atoms with Gasteiger partial charge in [0, 0.05) is 13.2 Å². The summed E-state index contributed by atoms with van der Waals surface area (Å²) in [7, 11) is -8.56. The van der Waals surface area contributed by atoms with Crippen LogP contribution in [-0.2, 0) is 25.0 Å². The normalized spacial score (nSPS) is 19.8. The second kappa shape index (κ2) is 6.39. The lowest BCUT2D eigenvalue weighted by molar-refractivity contribution is 0.105. The highest BCUT2D eigenvalue weighted by atomic mass is 32.3. The highest BCUT2D eigenvalue weighted by Gasteiger charge is 2.19. The van der Waals surface area contributed by atoms with E-state index in [0.29, 0.717) is 13.0 Å². The summed E-state index contributed by atoms with van der Waals surface area (Å²) in [4.78, 5) is -0.678. The molecular weight excluding hydrogens is 321 g/mol. The molecule has 1 aromatic carbocycles. The topological polar surface area (TPSA) is 89.5 Å². The third-order valence-electron chi connectivity index (χ3n) is 3.20. The van der Waals surface area contributed by atoms with Crippen molar-refractivity contribution in [1.82, 2.24) is 4.72 Å². The summed E-state index contributed by atoms with van der Waals surface area (Å²) in [5.74, 6) is 0. The van der Waals surface area contributed by atoms with Crippen LogP contribution in [0.2, 0.25) is 0 Å². The van der Waals surface area contributed by atoms with E-state index in [1.54, 1.807) is 0 Å². The molecule has 9 heteroatoms. The molecule has 2 rings (SSSR count). The first-order valence-electron chi connectivity index (χ1n) is 6.45. The van der Waals surface area contributed by atoms with E-state index in [9.17, 15) is 20.7 Å². The van der Waals surface area contributed by atoms with Crippen molar-refractivity contribution in [2.24, 2.45) is 0 Å². The van der Waals surface area contributed by atoms with Gasteiger partial charge in [0.15, 0.2) is 0 Å². The fraction of sp³-hybridized carbons (Fsp3) is 0.500. The van der Waals surface area contributed by atoms with E-state index >= 15 is 0 Å². The Morgan fingerprint density at radius 2 is 1.76 bits per heavy atom. The zero-order chi connectivity index (χ0) is 15.5. The second-order valence-electron chi connectivity index (χ2n) is 4.73. The first kappa shape index (κ1) is 16.3. The maximum Gasteiger partial charge on any atom is 0.332 e. The van der Waals surface area contributed by atoms with Gasteiger partial charge in [-0.15, -0.1) is 3.89 Å². The Morgan fingerprint density at radius 1 is 1.14 bits per heavy atom. The third kappa shape index (κ3) is 4.47. The van der Waals surface area contributed by atoms with E-state index in [1.165, 1.54) is 0 Å². The van der Waals surface area contributed by atoms with Crippen LogP contribution >= 0.6 is 0 Å². The summed E-state index contributed by atoms with van der Waals surface area (Å²) in [6.45, 7) is 0.937. The molecule has 1 heterocycles. The van der Waals surface area contributed by atoms with Crippen molar-refractivity contribution in [2.45, 2.75) is 35.2 Å². The first-order chi connectivity index (χ1) is 9.79. The van der Waals surface area contributed by atoms with Gasteiger partial charge in [-0.25, -0.2) is 13.1 Å². The Bertz CT molecular complexity index is 679. The van der Waals surface area contributed by atoms with Gasteiger partial charge in [0.2, 0.25) is 10.0 Å². The maximum absolute atomic E-state index is 12.7. The van der Waals surface area contributed by atoms with E-state index in [1.807, 2.05) is 0 Å². The molecule has 0 saturated carbocycles. The van der Waals surface area contributed by atoms with Crippen LogP contribution in [0.4, 0.5) is 3.89 Å². The quantitative estimate of drug-likeness (QED) is 0.788. The lowest BCUT2D eigenvalue weighted by Crippen LogP contribution is -2.27. The molecule has 1 fully saturated rings. The largest absolute Gasteiger partial charge is 0.378 e. The summed E-state index contributed by atoms with van der Waals surface area (Å²) >= 11 is 0. The predicted octanol–water partition coefficient (Wildman–Crippen LogP) is 1.19. The van der Waals surface area contributed by atoms with Crippen LogP contribution in [0.15, 0.2) is 34.1 Å². The van der Waals surface area contributed by atoms with Crippen molar-refractivity contribution in [2.75, 3.05) is 13.2 Å². The van der Waals surface area contributed by atoms with Crippen molar-refractivity contribution < 1.29 is 25.5 Å². The molecule has 0 aliphatic carbocycles. The van der Waals surface area contributed by atoms with Gasteiger partial charge in [0.05, 0.1) is 15.9 Å². The van der Waals surface area contributed by atoms with Gasteiger partial charge >= 0.3 is 10.2 Å². The number of benzene rings is 1. The minimum Gasteiger partial charge on any atom is -0.378 e. The van der Waals surface area contributed by atoms with Crippen LogP contribution in [0.25, 0.3) is 0 Å². The van der Waals surface area contributed by atoms with E-state index < -0.39 is 25.1 Å². The Hall–Kier alpha value is -1.03. The Morgan fingerprint density at radius 3 is 2.29 bits per heavy atom. The van der Waals surface area contributed by atoms with Crippen LogP contribution < -0.4 is 4.72 Å². The molecule has 1 unspecified atom stereocenters. The minimum atomic E-state index is -4.82. The smallest absolute Gasteiger partial charge is 0.332 e. The molecule has 0 bridgehead atoms. The highest BCUT2D eigenvalue weighted by Crippen LogP contribution is 2.17. The molecular formula is C12H16FNO5S2. The molecule has 1 aliphatic rings. The summed E-state index contributed by atoms with van der Waals surface area (Å²) in [6, 6.07) is 3.95. The lowest BCUT2D eigenvalue weighted by atomic mass is 10.2. The molecule has 1 saturated heterocycles. The van der Waals surface area contributed by atoms with Crippen molar-refractivity contribution in [3.05, 3.63) is 24.3 Å². The maximum atomic E-state index is 12.7. The molecule has 1 atom stereocenters. The summed E-state index contributed by atoms with van der Waals surface area (Å²) in [5, 5.41) is 0. The average Bonchev–Trinajstić information content (AvgIpc) is 2.91. The standard InChI is InChI=1S/C12H16FNO5S2/c13-20(15,16)11-3-5-12(6-4-11)21(17,18)14-8-7-10-2-1-9-19-10/h3-6,10,14H,1-2,7-9H2. The molecule has 0 amide bonds. The fourth-order valence-electron chi connectivity index (χ4n) is 2.09. The fourth-order valence-corrected chi connectivity index (χ4v) is 3.60. The number of halogens is 1. The molecule has 0 aromatic heterocycles. The van der Waals surface area contributed by atoms with Gasteiger partial charge < -0.3 is 4.74 Å². The molecule has 0 radical (unpaired) electrons. The summed E-state index contributed by atoms with van der Waals surface area (Å²) in [6.07, 6.45) is 2.56. The number of hydrogen-bond donors (Lipinski definition) is 1. The third-order valence-corrected chi connectivity index (χ3v) is 5.51. The van der Waals surface area contributed by atoms with Crippen molar-refractivity contribution in [3.8, 4) is 0 Å². The van der Waals surface area contributed by atoms with Gasteiger partial charge in [-0.3, -0.25) is 0 Å². The van der Waals surface area contributed by atoms with Crippen molar-refractivity contribution in [3.63, 3.8) is 0 Å². The average molecular weight is 337 g/mol. The van der Waals surface area contributed by atoms with E-state index in [0.717, 1.165) is 37.1 Å². The Balaban J connectivity index is 1.98. The van der Waals surface area contributed by atoms with Crippen LogP contribution in [0.1, 0.15) is 19.3 Å². The Kier molecular flexibility index (Phi) is 4.97. The Labute approximate surface area is 123 Å². The first-order valence-corrected chi connectivity index (χ1v) is 9.32. The molecule has 1 aromatic rings. The van der Waals surface area contributed by atoms with E-state index in [4.69, 9.17) is 4.74 Å². The molecule has 1 N–H and O–H groups in total.